The van der Waals surface area contributed by atoms with Gasteiger partial charge in [-0.25, -0.2) is 0 Å². The van der Waals surface area contributed by atoms with Gasteiger partial charge in [-0.2, -0.15) is 0 Å². The fraction of sp³-hybridized carbons (Fsp3) is 0.240. The van der Waals surface area contributed by atoms with Crippen LogP contribution in [0.15, 0.2) is 126 Å². The summed E-state index contributed by atoms with van der Waals surface area (Å²) in [6, 6.07) is 45.7. The van der Waals surface area contributed by atoms with Gasteiger partial charge in [-0.15, -0.1) is 11.3 Å². The molecule has 0 unspecified atom stereocenters. The van der Waals surface area contributed by atoms with Crippen LogP contribution in [0.5, 0.6) is 0 Å². The van der Waals surface area contributed by atoms with Crippen LogP contribution in [0.2, 0.25) is 0 Å². The Labute approximate surface area is 329 Å². The summed E-state index contributed by atoms with van der Waals surface area (Å²) in [4.78, 5) is 5.11. The van der Waals surface area contributed by atoms with E-state index in [0.29, 0.717) is 0 Å². The lowest BCUT2D eigenvalue weighted by Gasteiger charge is -2.43. The molecule has 2 aromatic heterocycles. The number of para-hydroxylation sites is 1. The van der Waals surface area contributed by atoms with Crippen LogP contribution in [-0.2, 0) is 16.2 Å². The molecule has 0 aliphatic carbocycles. The van der Waals surface area contributed by atoms with Crippen molar-refractivity contribution in [2.45, 2.75) is 78.6 Å². The molecule has 10 rings (SSSR count). The molecule has 6 aromatic carbocycles. The molecule has 2 aliphatic heterocycles. The minimum Gasteiger partial charge on any atom is -0.456 e. The first-order chi connectivity index (χ1) is 26.2. The average molecular weight is 735 g/mol. The molecule has 8 aromatic rings. The highest BCUT2D eigenvalue weighted by Gasteiger charge is 2.45. The molecule has 3 nitrogen and oxygen atoms in total. The zero-order valence-electron chi connectivity index (χ0n) is 33.3. The summed E-state index contributed by atoms with van der Waals surface area (Å²) in [5.74, 6) is 0. The predicted molar refractivity (Wildman–Crippen MR) is 239 cm³/mol. The molecule has 0 bridgehead atoms. The van der Waals surface area contributed by atoms with E-state index >= 15 is 0 Å². The highest BCUT2D eigenvalue weighted by Crippen LogP contribution is 2.50. The Balaban J connectivity index is 1.32. The van der Waals surface area contributed by atoms with Gasteiger partial charge in [0.25, 0.3) is 6.71 Å². The van der Waals surface area contributed by atoms with Gasteiger partial charge in [0.1, 0.15) is 11.2 Å². The summed E-state index contributed by atoms with van der Waals surface area (Å²) in [5, 5.41) is 3.65. The zero-order chi connectivity index (χ0) is 38.2. The van der Waals surface area contributed by atoms with Crippen molar-refractivity contribution < 1.29 is 4.42 Å². The summed E-state index contributed by atoms with van der Waals surface area (Å²) in [7, 11) is 0. The van der Waals surface area contributed by atoms with Gasteiger partial charge in [0, 0.05) is 54.1 Å². The topological polar surface area (TPSA) is 19.6 Å². The molecule has 4 heterocycles. The van der Waals surface area contributed by atoms with Crippen molar-refractivity contribution in [1.29, 1.82) is 0 Å². The van der Waals surface area contributed by atoms with E-state index in [-0.39, 0.29) is 23.0 Å². The number of nitrogens with zero attached hydrogens (tertiary/aromatic N) is 2. The molecule has 0 saturated carbocycles. The normalized spacial score (nSPS) is 14.2. The summed E-state index contributed by atoms with van der Waals surface area (Å²) < 4.78 is 9.14. The smallest absolute Gasteiger partial charge is 0.264 e. The molecule has 2 aliphatic rings. The number of fused-ring (bicyclic) bond motifs is 10. The second kappa shape index (κ2) is 11.6. The number of benzene rings is 6. The standard InChI is InChI=1S/C50H47BN2OS/c1-48(2,3)30-20-23-33(24-21-30)53-39-18-13-17-38-44(39)51(47-45(53)36-25-27-42-43(46(36)55-47)35-16-10-11-19-41(35)54-42)37-26-22-32(50(7,8)9)29-40(37)52(38)34-15-12-14-31(28-34)49(4,5)6/h10-29H,1-9H3. The van der Waals surface area contributed by atoms with Gasteiger partial charge < -0.3 is 14.2 Å². The van der Waals surface area contributed by atoms with E-state index in [2.05, 4.69) is 193 Å². The van der Waals surface area contributed by atoms with Gasteiger partial charge in [-0.05, 0) is 105 Å². The molecule has 55 heavy (non-hydrogen) atoms. The maximum absolute atomic E-state index is 6.48. The summed E-state index contributed by atoms with van der Waals surface area (Å²) in [6.45, 7) is 20.8. The van der Waals surface area contributed by atoms with Crippen LogP contribution in [0.3, 0.4) is 0 Å². The van der Waals surface area contributed by atoms with Crippen molar-refractivity contribution in [3.63, 3.8) is 0 Å². The number of rotatable bonds is 2. The first kappa shape index (κ1) is 34.3. The van der Waals surface area contributed by atoms with Crippen LogP contribution in [0.4, 0.5) is 34.1 Å². The number of anilines is 6. The molecule has 0 saturated heterocycles. The van der Waals surface area contributed by atoms with E-state index < -0.39 is 0 Å². The lowest BCUT2D eigenvalue weighted by atomic mass is 9.36. The molecule has 0 fully saturated rings. The molecule has 5 heteroatoms. The molecule has 0 atom stereocenters. The molecule has 0 radical (unpaired) electrons. The van der Waals surface area contributed by atoms with Gasteiger partial charge in [0.15, 0.2) is 0 Å². The van der Waals surface area contributed by atoms with E-state index in [1.165, 1.54) is 87.4 Å². The SMILES string of the molecule is CC(C)(C)c1ccc(N2c3cccc4c3B(c3ccc(C(C)(C)C)cc3N4c3cccc(C(C)(C)C)c3)c3sc4c(ccc5oc6ccccc6c54)c32)cc1. The van der Waals surface area contributed by atoms with Gasteiger partial charge in [-0.1, -0.05) is 123 Å². The van der Waals surface area contributed by atoms with E-state index in [1.807, 2.05) is 11.3 Å². The van der Waals surface area contributed by atoms with Crippen molar-refractivity contribution in [3.8, 4) is 0 Å². The van der Waals surface area contributed by atoms with E-state index in [4.69, 9.17) is 4.42 Å². The van der Waals surface area contributed by atoms with Crippen LogP contribution < -0.4 is 25.5 Å². The van der Waals surface area contributed by atoms with E-state index in [0.717, 1.165) is 11.2 Å². The second-order valence-corrected chi connectivity index (χ2v) is 19.7. The fourth-order valence-electron chi connectivity index (χ4n) is 8.92. The largest absolute Gasteiger partial charge is 0.456 e. The van der Waals surface area contributed by atoms with Gasteiger partial charge in [0.2, 0.25) is 0 Å². The quantitative estimate of drug-likeness (QED) is 0.165. The fourth-order valence-corrected chi connectivity index (χ4v) is 10.4. The first-order valence-electron chi connectivity index (χ1n) is 19.6. The minimum atomic E-state index is -0.00458. The number of furan rings is 1. The van der Waals surface area contributed by atoms with Gasteiger partial charge >= 0.3 is 0 Å². The van der Waals surface area contributed by atoms with Crippen molar-refractivity contribution in [2.75, 3.05) is 9.80 Å². The lowest BCUT2D eigenvalue weighted by Crippen LogP contribution is -2.60. The van der Waals surface area contributed by atoms with Crippen molar-refractivity contribution in [3.05, 3.63) is 138 Å². The summed E-state index contributed by atoms with van der Waals surface area (Å²) >= 11 is 1.95. The third-order valence-corrected chi connectivity index (χ3v) is 13.2. The van der Waals surface area contributed by atoms with E-state index in [1.54, 1.807) is 0 Å². The summed E-state index contributed by atoms with van der Waals surface area (Å²) in [6.07, 6.45) is 0. The Morgan fingerprint density at radius 2 is 1.16 bits per heavy atom. The maximum atomic E-state index is 6.48. The highest BCUT2D eigenvalue weighted by atomic mass is 32.1. The zero-order valence-corrected chi connectivity index (χ0v) is 34.2. The van der Waals surface area contributed by atoms with Crippen LogP contribution in [-0.4, -0.2) is 6.71 Å². The Kier molecular flexibility index (Phi) is 7.24. The lowest BCUT2D eigenvalue weighted by molar-refractivity contribution is 0.590. The Morgan fingerprint density at radius 1 is 0.509 bits per heavy atom. The second-order valence-electron chi connectivity index (χ2n) is 18.7. The molecular weight excluding hydrogens is 687 g/mol. The van der Waals surface area contributed by atoms with Crippen molar-refractivity contribution >= 4 is 99.9 Å². The average Bonchev–Trinajstić information content (AvgIpc) is 3.72. The van der Waals surface area contributed by atoms with Crippen molar-refractivity contribution in [2.24, 2.45) is 0 Å². The third kappa shape index (κ3) is 5.15. The van der Waals surface area contributed by atoms with Crippen LogP contribution >= 0.6 is 11.3 Å². The first-order valence-corrected chi connectivity index (χ1v) is 20.5. The van der Waals surface area contributed by atoms with Gasteiger partial charge in [-0.3, -0.25) is 0 Å². The summed E-state index contributed by atoms with van der Waals surface area (Å²) in [5.41, 5.74) is 16.0. The minimum absolute atomic E-state index is 0.00458. The highest BCUT2D eigenvalue weighted by molar-refractivity contribution is 7.34. The Hall–Kier alpha value is -5.26. The molecule has 0 amide bonds. The Morgan fingerprint density at radius 3 is 1.89 bits per heavy atom. The predicted octanol–water partition coefficient (Wildman–Crippen LogP) is 12.8. The van der Waals surface area contributed by atoms with Crippen LogP contribution in [0, 0.1) is 0 Å². The van der Waals surface area contributed by atoms with Crippen LogP contribution in [0.1, 0.15) is 79.0 Å². The molecule has 0 N–H and O–H groups in total. The number of hydrogen-bond acceptors (Lipinski definition) is 4. The van der Waals surface area contributed by atoms with Crippen LogP contribution in [0.25, 0.3) is 32.0 Å². The maximum Gasteiger partial charge on any atom is 0.264 e. The third-order valence-electron chi connectivity index (χ3n) is 11.9. The van der Waals surface area contributed by atoms with E-state index in [9.17, 15) is 0 Å². The monoisotopic (exact) mass is 734 g/mol. The number of hydrogen-bond donors (Lipinski definition) is 0. The molecule has 0 spiro atoms. The van der Waals surface area contributed by atoms with Crippen molar-refractivity contribution in [1.82, 2.24) is 0 Å². The number of thiophene rings is 1. The molecule has 272 valence electrons. The Bertz CT molecular complexity index is 2840. The van der Waals surface area contributed by atoms with Gasteiger partial charge in [0.05, 0.1) is 5.69 Å². The molecular formula is C50H47BN2OS.